The van der Waals surface area contributed by atoms with Gasteiger partial charge < -0.3 is 5.73 Å². The molecule has 0 spiro atoms. The predicted octanol–water partition coefficient (Wildman–Crippen LogP) is 3.54. The molecule has 3 nitrogen and oxygen atoms in total. The zero-order valence-electron chi connectivity index (χ0n) is 11.9. The Kier molecular flexibility index (Phi) is 5.24. The van der Waals surface area contributed by atoms with Gasteiger partial charge in [0.1, 0.15) is 0 Å². The molecule has 19 heavy (non-hydrogen) atoms. The molecule has 0 aromatic carbocycles. The second-order valence-electron chi connectivity index (χ2n) is 4.43. The summed E-state index contributed by atoms with van der Waals surface area (Å²) in [7, 11) is 0. The number of allylic oxidation sites excluding steroid dienone is 6. The van der Waals surface area contributed by atoms with Crippen molar-refractivity contribution in [3.63, 3.8) is 0 Å². The molecule has 100 valence electrons. The Hall–Kier alpha value is -2.16. The molecule has 0 aliphatic carbocycles. The van der Waals surface area contributed by atoms with E-state index >= 15 is 0 Å². The van der Waals surface area contributed by atoms with Crippen LogP contribution in [0.5, 0.6) is 0 Å². The summed E-state index contributed by atoms with van der Waals surface area (Å²) in [6.45, 7) is 13.5. The number of rotatable bonds is 4. The fourth-order valence-corrected chi connectivity index (χ4v) is 1.83. The highest BCUT2D eigenvalue weighted by Gasteiger charge is 2.18. The molecular weight excluding hydrogens is 234 g/mol. The van der Waals surface area contributed by atoms with Crippen LogP contribution in [0.1, 0.15) is 20.8 Å². The van der Waals surface area contributed by atoms with Crippen molar-refractivity contribution in [1.29, 1.82) is 0 Å². The Bertz CT molecular complexity index is 528. The van der Waals surface area contributed by atoms with Crippen molar-refractivity contribution in [3.8, 4) is 0 Å². The van der Waals surface area contributed by atoms with Crippen molar-refractivity contribution in [3.05, 3.63) is 60.4 Å². The van der Waals surface area contributed by atoms with Crippen molar-refractivity contribution in [2.45, 2.75) is 20.8 Å². The van der Waals surface area contributed by atoms with Crippen LogP contribution < -0.4 is 5.73 Å². The summed E-state index contributed by atoms with van der Waals surface area (Å²) >= 11 is 0. The Labute approximate surface area is 115 Å². The van der Waals surface area contributed by atoms with Gasteiger partial charge in [-0.05, 0) is 19.4 Å². The third kappa shape index (κ3) is 3.65. The average molecular weight is 255 g/mol. The smallest absolute Gasteiger partial charge is 0.220 e. The molecule has 1 unspecified atom stereocenters. The van der Waals surface area contributed by atoms with Gasteiger partial charge in [-0.25, -0.2) is 9.98 Å². The van der Waals surface area contributed by atoms with Gasteiger partial charge in [0.25, 0.3) is 0 Å². The molecule has 0 aromatic heterocycles. The summed E-state index contributed by atoms with van der Waals surface area (Å²) in [5, 5.41) is 0. The van der Waals surface area contributed by atoms with Gasteiger partial charge >= 0.3 is 0 Å². The zero-order chi connectivity index (χ0) is 14.4. The van der Waals surface area contributed by atoms with E-state index in [1.165, 1.54) is 0 Å². The maximum absolute atomic E-state index is 5.83. The van der Waals surface area contributed by atoms with Gasteiger partial charge in [0.05, 0.1) is 5.70 Å². The number of nitrogens with zero attached hydrogens (tertiary/aromatic N) is 2. The molecule has 1 rings (SSSR count). The molecule has 1 aliphatic rings. The molecule has 1 heterocycles. The van der Waals surface area contributed by atoms with Crippen molar-refractivity contribution >= 4 is 11.7 Å². The Balaban J connectivity index is 3.40. The maximum atomic E-state index is 5.83. The molecule has 0 saturated heterocycles. The lowest BCUT2D eigenvalue weighted by atomic mass is 9.93. The van der Waals surface area contributed by atoms with Crippen LogP contribution in [0.3, 0.4) is 0 Å². The molecule has 0 amide bonds. The van der Waals surface area contributed by atoms with E-state index in [0.29, 0.717) is 0 Å². The van der Waals surface area contributed by atoms with Crippen LogP contribution in [0, 0.1) is 5.92 Å². The maximum Gasteiger partial charge on any atom is 0.220 e. The van der Waals surface area contributed by atoms with Crippen LogP contribution in [-0.4, -0.2) is 11.7 Å². The summed E-state index contributed by atoms with van der Waals surface area (Å²) in [6, 6.07) is 0. The SMILES string of the molecule is C=C/C=C\C(=C/C=C)C1=C(C)C(C)C(C)=NC(N)=N1. The first-order chi connectivity index (χ1) is 9.01. The molecule has 0 aromatic rings. The number of hydrogen-bond donors (Lipinski definition) is 1. The Morgan fingerprint density at radius 1 is 1.21 bits per heavy atom. The van der Waals surface area contributed by atoms with Gasteiger partial charge in [0, 0.05) is 17.2 Å². The normalized spacial score (nSPS) is 21.0. The van der Waals surface area contributed by atoms with E-state index in [1.54, 1.807) is 12.2 Å². The van der Waals surface area contributed by atoms with E-state index in [9.17, 15) is 0 Å². The molecule has 3 heteroatoms. The van der Waals surface area contributed by atoms with Gasteiger partial charge in [-0.2, -0.15) is 0 Å². The van der Waals surface area contributed by atoms with Gasteiger partial charge in [-0.15, -0.1) is 0 Å². The van der Waals surface area contributed by atoms with Gasteiger partial charge in [0.15, 0.2) is 0 Å². The predicted molar refractivity (Wildman–Crippen MR) is 84.2 cm³/mol. The summed E-state index contributed by atoms with van der Waals surface area (Å²) in [6.07, 6.45) is 9.17. The van der Waals surface area contributed by atoms with Crippen LogP contribution in [-0.2, 0) is 0 Å². The van der Waals surface area contributed by atoms with Crippen molar-refractivity contribution in [1.82, 2.24) is 0 Å². The van der Waals surface area contributed by atoms with E-state index < -0.39 is 0 Å². The van der Waals surface area contributed by atoms with Crippen molar-refractivity contribution < 1.29 is 0 Å². The van der Waals surface area contributed by atoms with Crippen LogP contribution in [0.4, 0.5) is 0 Å². The summed E-state index contributed by atoms with van der Waals surface area (Å²) in [4.78, 5) is 8.70. The standard InChI is InChI=1S/C16H21N3/c1-6-8-10-14(9-7-2)15-12(4)11(3)13(5)18-16(17)19-15/h6-11H,1-2H2,3-5H3,(H2,17,19)/b10-8-,14-9+. The minimum Gasteiger partial charge on any atom is -0.368 e. The highest BCUT2D eigenvalue weighted by atomic mass is 15.0. The van der Waals surface area contributed by atoms with Gasteiger partial charge in [-0.1, -0.05) is 50.5 Å². The highest BCUT2D eigenvalue weighted by molar-refractivity contribution is 5.99. The minimum atomic E-state index is 0.213. The minimum absolute atomic E-state index is 0.213. The Morgan fingerprint density at radius 2 is 1.89 bits per heavy atom. The average Bonchev–Trinajstić information content (AvgIpc) is 2.47. The molecule has 0 fully saturated rings. The molecular formula is C16H21N3. The molecule has 0 saturated carbocycles. The van der Waals surface area contributed by atoms with Gasteiger partial charge in [-0.3, -0.25) is 0 Å². The first kappa shape index (κ1) is 14.9. The molecule has 0 radical (unpaired) electrons. The van der Waals surface area contributed by atoms with Crippen LogP contribution >= 0.6 is 0 Å². The number of guanidine groups is 1. The number of nitrogens with two attached hydrogens (primary N) is 1. The van der Waals surface area contributed by atoms with Crippen LogP contribution in [0.25, 0.3) is 0 Å². The summed E-state index contributed by atoms with van der Waals surface area (Å²) < 4.78 is 0. The third-order valence-electron chi connectivity index (χ3n) is 3.15. The highest BCUT2D eigenvalue weighted by Crippen LogP contribution is 2.26. The zero-order valence-corrected chi connectivity index (χ0v) is 11.9. The lowest BCUT2D eigenvalue weighted by molar-refractivity contribution is 0.894. The van der Waals surface area contributed by atoms with Crippen molar-refractivity contribution in [2.24, 2.45) is 21.6 Å². The fraction of sp³-hybridized carbons (Fsp3) is 0.250. The monoisotopic (exact) mass is 255 g/mol. The fourth-order valence-electron chi connectivity index (χ4n) is 1.83. The molecule has 1 aliphatic heterocycles. The summed E-state index contributed by atoms with van der Waals surface area (Å²) in [5.74, 6) is 0.503. The van der Waals surface area contributed by atoms with E-state index in [0.717, 1.165) is 22.6 Å². The largest absolute Gasteiger partial charge is 0.368 e. The Morgan fingerprint density at radius 3 is 2.47 bits per heavy atom. The first-order valence-electron chi connectivity index (χ1n) is 6.23. The topological polar surface area (TPSA) is 50.7 Å². The van der Waals surface area contributed by atoms with Crippen molar-refractivity contribution in [2.75, 3.05) is 0 Å². The third-order valence-corrected chi connectivity index (χ3v) is 3.15. The second kappa shape index (κ2) is 6.69. The molecule has 1 atom stereocenters. The summed E-state index contributed by atoms with van der Waals surface area (Å²) in [5.41, 5.74) is 9.75. The quantitative estimate of drug-likeness (QED) is 0.767. The van der Waals surface area contributed by atoms with E-state index in [-0.39, 0.29) is 11.9 Å². The van der Waals surface area contributed by atoms with Crippen LogP contribution in [0.2, 0.25) is 0 Å². The lowest BCUT2D eigenvalue weighted by Crippen LogP contribution is -2.13. The lowest BCUT2D eigenvalue weighted by Gasteiger charge is -2.13. The van der Waals surface area contributed by atoms with Crippen LogP contribution in [0.15, 0.2) is 70.4 Å². The number of hydrogen-bond acceptors (Lipinski definition) is 3. The van der Waals surface area contributed by atoms with E-state index in [4.69, 9.17) is 5.73 Å². The first-order valence-corrected chi connectivity index (χ1v) is 6.23. The second-order valence-corrected chi connectivity index (χ2v) is 4.43. The molecule has 2 N–H and O–H groups in total. The number of aliphatic imine (C=N–C) groups is 2. The van der Waals surface area contributed by atoms with E-state index in [2.05, 4.69) is 37.0 Å². The van der Waals surface area contributed by atoms with E-state index in [1.807, 2.05) is 25.2 Å². The van der Waals surface area contributed by atoms with Gasteiger partial charge in [0.2, 0.25) is 5.96 Å². The molecule has 0 bridgehead atoms.